The van der Waals surface area contributed by atoms with E-state index in [1.54, 1.807) is 72.6 Å². The number of aryl methyl sites for hydroxylation is 1. The Labute approximate surface area is 335 Å². The van der Waals surface area contributed by atoms with Crippen molar-refractivity contribution in [2.75, 3.05) is 11.9 Å². The number of carbonyl (C=O) groups excluding carboxylic acids is 3. The molecule has 10 heteroatoms. The highest BCUT2D eigenvalue weighted by atomic mass is 32.2. The lowest BCUT2D eigenvalue weighted by Crippen LogP contribution is -2.29. The molecule has 0 atom stereocenters. The molecule has 0 saturated heterocycles. The third kappa shape index (κ3) is 6.69. The first-order valence-corrected chi connectivity index (χ1v) is 20.0. The number of nitrogens with zero attached hydrogens (tertiary/aromatic N) is 2. The number of rotatable bonds is 9. The fourth-order valence-corrected chi connectivity index (χ4v) is 8.47. The molecule has 2 heterocycles. The fraction of sp³-hybridized carbons (Fsp3) is 0.0625. The Morgan fingerprint density at radius 1 is 0.466 bits per heavy atom. The quantitative estimate of drug-likeness (QED) is 0.134. The van der Waals surface area contributed by atoms with E-state index in [-0.39, 0.29) is 15.7 Å². The van der Waals surface area contributed by atoms with Crippen molar-refractivity contribution in [3.63, 3.8) is 0 Å². The molecule has 0 radical (unpaired) electrons. The summed E-state index contributed by atoms with van der Waals surface area (Å²) in [5.41, 5.74) is 7.61. The molecule has 3 amide bonds. The predicted octanol–water partition coefficient (Wildman–Crippen LogP) is 10.1. The summed E-state index contributed by atoms with van der Waals surface area (Å²) < 4.78 is 38.5. The van der Waals surface area contributed by atoms with Crippen LogP contribution >= 0.6 is 0 Å². The Morgan fingerprint density at radius 2 is 0.897 bits per heavy atom. The molecule has 0 fully saturated rings. The zero-order valence-corrected chi connectivity index (χ0v) is 32.2. The predicted molar refractivity (Wildman–Crippen MR) is 220 cm³/mol. The molecule has 7 aromatic rings. The van der Waals surface area contributed by atoms with Gasteiger partial charge in [-0.05, 0) is 144 Å². The molecule has 0 aromatic heterocycles. The van der Waals surface area contributed by atoms with Gasteiger partial charge in [0.15, 0.2) is 0 Å². The summed E-state index contributed by atoms with van der Waals surface area (Å²) in [4.78, 5) is 42.5. The van der Waals surface area contributed by atoms with Crippen LogP contribution in [-0.2, 0) is 16.4 Å². The monoisotopic (exact) mass is 782 g/mol. The van der Waals surface area contributed by atoms with Crippen LogP contribution in [0.4, 0.5) is 5.69 Å². The summed E-state index contributed by atoms with van der Waals surface area (Å²) >= 11 is 0. The van der Waals surface area contributed by atoms with Crippen LogP contribution < -0.4 is 14.4 Å². The summed E-state index contributed by atoms with van der Waals surface area (Å²) in [5, 5.41) is 0. The van der Waals surface area contributed by atoms with E-state index in [4.69, 9.17) is 9.47 Å². The van der Waals surface area contributed by atoms with Crippen molar-refractivity contribution in [2.45, 2.75) is 23.3 Å². The van der Waals surface area contributed by atoms with Crippen LogP contribution in [0.5, 0.6) is 23.0 Å². The number of hydrogen-bond acceptors (Lipinski definition) is 7. The number of ether oxygens (including phenoxy) is 2. The third-order valence-electron chi connectivity index (χ3n) is 10.4. The molecule has 58 heavy (non-hydrogen) atoms. The summed E-state index contributed by atoms with van der Waals surface area (Å²) in [6.07, 6.45) is 0. The summed E-state index contributed by atoms with van der Waals surface area (Å²) in [6.45, 7) is 2.58. The van der Waals surface area contributed by atoms with Gasteiger partial charge >= 0.3 is 0 Å². The molecule has 9 rings (SSSR count). The standard InChI is InChI=1S/C48H34N2O7S/c1-30-3-13-37(14-4-30)56-39-17-21-41(22-18-39)58(54,55)42-23-19-40(20-24-42)57-38-15-11-36(12-16-38)50-47(52)44-26-10-34(28-45(44)48(50)53)32-7-5-31(6-8-32)33-9-25-43-35(27-33)29-49(2)46(43)51/h3-28H,29H2,1-2H3. The second kappa shape index (κ2) is 14.3. The molecule has 2 aliphatic rings. The lowest BCUT2D eigenvalue weighted by molar-refractivity contribution is 0.0815. The van der Waals surface area contributed by atoms with Crippen molar-refractivity contribution in [3.05, 3.63) is 186 Å². The van der Waals surface area contributed by atoms with E-state index in [9.17, 15) is 22.8 Å². The molecule has 9 nitrogen and oxygen atoms in total. The number of amides is 3. The van der Waals surface area contributed by atoms with Crippen LogP contribution in [0.25, 0.3) is 22.3 Å². The maximum Gasteiger partial charge on any atom is 0.266 e. The number of fused-ring (bicyclic) bond motifs is 2. The number of anilines is 1. The van der Waals surface area contributed by atoms with Crippen molar-refractivity contribution in [3.8, 4) is 45.3 Å². The van der Waals surface area contributed by atoms with E-state index in [1.807, 2.05) is 73.7 Å². The molecule has 0 bridgehead atoms. The molecule has 0 unspecified atom stereocenters. The highest BCUT2D eigenvalue weighted by molar-refractivity contribution is 7.91. The second-order valence-electron chi connectivity index (χ2n) is 14.3. The summed E-state index contributed by atoms with van der Waals surface area (Å²) in [5.74, 6) is 1.22. The van der Waals surface area contributed by atoms with Crippen molar-refractivity contribution in [2.24, 2.45) is 0 Å². The Kier molecular flexibility index (Phi) is 8.98. The summed E-state index contributed by atoms with van der Waals surface area (Å²) in [6, 6.07) is 45.6. The normalized spacial score (nSPS) is 13.4. The Balaban J connectivity index is 0.849. The highest BCUT2D eigenvalue weighted by Crippen LogP contribution is 2.35. The number of carbonyl (C=O) groups is 3. The van der Waals surface area contributed by atoms with E-state index in [0.29, 0.717) is 46.4 Å². The zero-order valence-electron chi connectivity index (χ0n) is 31.4. The van der Waals surface area contributed by atoms with Crippen molar-refractivity contribution < 1.29 is 32.3 Å². The van der Waals surface area contributed by atoms with Crippen LogP contribution in [0.1, 0.15) is 42.2 Å². The van der Waals surface area contributed by atoms with Gasteiger partial charge in [-0.3, -0.25) is 14.4 Å². The molecule has 0 saturated carbocycles. The van der Waals surface area contributed by atoms with Gasteiger partial charge in [0.25, 0.3) is 17.7 Å². The first-order valence-electron chi connectivity index (χ1n) is 18.5. The first kappa shape index (κ1) is 36.3. The van der Waals surface area contributed by atoms with Gasteiger partial charge in [0.05, 0.1) is 26.6 Å². The van der Waals surface area contributed by atoms with Crippen molar-refractivity contribution in [1.29, 1.82) is 0 Å². The van der Waals surface area contributed by atoms with Crippen LogP contribution in [0.3, 0.4) is 0 Å². The third-order valence-corrected chi connectivity index (χ3v) is 12.2. The maximum atomic E-state index is 13.7. The highest BCUT2D eigenvalue weighted by Gasteiger charge is 2.37. The lowest BCUT2D eigenvalue weighted by atomic mass is 9.96. The number of sulfone groups is 1. The van der Waals surface area contributed by atoms with Gasteiger partial charge in [-0.2, -0.15) is 0 Å². The Bertz CT molecular complexity index is 2870. The van der Waals surface area contributed by atoms with Crippen LogP contribution in [0.15, 0.2) is 168 Å². The molecular weight excluding hydrogens is 749 g/mol. The minimum Gasteiger partial charge on any atom is -0.457 e. The first-order chi connectivity index (χ1) is 28.0. The van der Waals surface area contributed by atoms with Gasteiger partial charge in [-0.25, -0.2) is 13.3 Å². The van der Waals surface area contributed by atoms with Gasteiger partial charge in [0.2, 0.25) is 9.84 Å². The topological polar surface area (TPSA) is 110 Å². The fourth-order valence-electron chi connectivity index (χ4n) is 7.21. The van der Waals surface area contributed by atoms with Crippen LogP contribution in [0.2, 0.25) is 0 Å². The molecule has 0 aliphatic carbocycles. The van der Waals surface area contributed by atoms with E-state index in [1.165, 1.54) is 24.3 Å². The van der Waals surface area contributed by atoms with Gasteiger partial charge in [0, 0.05) is 19.2 Å². The van der Waals surface area contributed by atoms with Crippen LogP contribution in [-0.4, -0.2) is 38.1 Å². The maximum absolute atomic E-state index is 13.7. The van der Waals surface area contributed by atoms with Gasteiger partial charge in [-0.15, -0.1) is 0 Å². The second-order valence-corrected chi connectivity index (χ2v) is 16.2. The zero-order chi connectivity index (χ0) is 40.1. The molecule has 0 N–H and O–H groups in total. The lowest BCUT2D eigenvalue weighted by Gasteiger charge is -2.14. The van der Waals surface area contributed by atoms with E-state index < -0.39 is 21.7 Å². The minimum atomic E-state index is -3.80. The van der Waals surface area contributed by atoms with Crippen molar-refractivity contribution in [1.82, 2.24) is 4.90 Å². The number of benzene rings is 7. The van der Waals surface area contributed by atoms with Gasteiger partial charge < -0.3 is 14.4 Å². The molecule has 2 aliphatic heterocycles. The molecule has 7 aromatic carbocycles. The van der Waals surface area contributed by atoms with E-state index in [0.717, 1.165) is 43.8 Å². The van der Waals surface area contributed by atoms with Crippen molar-refractivity contribution >= 4 is 33.2 Å². The number of hydrogen-bond donors (Lipinski definition) is 0. The number of imide groups is 1. The molecular formula is C48H34N2O7S. The van der Waals surface area contributed by atoms with E-state index in [2.05, 4.69) is 6.07 Å². The Hall–Kier alpha value is -7.30. The average Bonchev–Trinajstić information content (AvgIpc) is 3.67. The minimum absolute atomic E-state index is 0.0340. The smallest absolute Gasteiger partial charge is 0.266 e. The Morgan fingerprint density at radius 3 is 1.43 bits per heavy atom. The van der Waals surface area contributed by atoms with E-state index >= 15 is 0 Å². The molecule has 0 spiro atoms. The van der Waals surface area contributed by atoms with Gasteiger partial charge in [-0.1, -0.05) is 54.1 Å². The largest absolute Gasteiger partial charge is 0.457 e. The summed E-state index contributed by atoms with van der Waals surface area (Å²) in [7, 11) is -2.00. The molecule has 284 valence electrons. The average molecular weight is 783 g/mol. The SMILES string of the molecule is Cc1ccc(Oc2ccc(S(=O)(=O)c3ccc(Oc4ccc(N5C(=O)c6ccc(-c7ccc(-c8ccc9c(c8)CN(C)C9=O)cc7)cc6C5=O)cc4)cc3)cc2)cc1. The van der Waals surface area contributed by atoms with Crippen LogP contribution in [0, 0.1) is 6.92 Å². The van der Waals surface area contributed by atoms with Gasteiger partial charge in [0.1, 0.15) is 23.0 Å².